The van der Waals surface area contributed by atoms with Crippen molar-refractivity contribution in [2.75, 3.05) is 18.8 Å². The van der Waals surface area contributed by atoms with Crippen LogP contribution in [0.15, 0.2) is 4.63 Å². The highest BCUT2D eigenvalue weighted by Gasteiger charge is 2.30. The molecule has 6 heteroatoms. The number of likely N-dealkylation sites (tertiary alicyclic amines) is 1. The van der Waals surface area contributed by atoms with Gasteiger partial charge in [0.25, 0.3) is 5.91 Å². The monoisotopic (exact) mass is 224 g/mol. The first-order valence-electron chi connectivity index (χ1n) is 5.37. The molecule has 0 unspecified atom stereocenters. The summed E-state index contributed by atoms with van der Waals surface area (Å²) in [5.41, 5.74) is 5.92. The lowest BCUT2D eigenvalue weighted by atomic mass is 9.82. The molecule has 2 rings (SSSR count). The predicted octanol–water partition coefficient (Wildman–Crippen LogP) is 0.914. The molecule has 1 aromatic heterocycles. The van der Waals surface area contributed by atoms with Gasteiger partial charge in [0.2, 0.25) is 11.5 Å². The van der Waals surface area contributed by atoms with Gasteiger partial charge in [-0.1, -0.05) is 13.8 Å². The molecule has 16 heavy (non-hydrogen) atoms. The van der Waals surface area contributed by atoms with Gasteiger partial charge in [-0.05, 0) is 28.6 Å². The van der Waals surface area contributed by atoms with Gasteiger partial charge in [-0.15, -0.1) is 0 Å². The summed E-state index contributed by atoms with van der Waals surface area (Å²) in [4.78, 5) is 13.7. The highest BCUT2D eigenvalue weighted by molar-refractivity contribution is 5.96. The fourth-order valence-corrected chi connectivity index (χ4v) is 1.81. The van der Waals surface area contributed by atoms with Crippen LogP contribution in [0, 0.1) is 5.41 Å². The molecule has 0 aromatic carbocycles. The van der Waals surface area contributed by atoms with Crippen molar-refractivity contribution in [1.29, 1.82) is 0 Å². The van der Waals surface area contributed by atoms with Gasteiger partial charge in [-0.25, -0.2) is 4.63 Å². The number of nitrogens with zero attached hydrogens (tertiary/aromatic N) is 3. The summed E-state index contributed by atoms with van der Waals surface area (Å²) >= 11 is 0. The maximum Gasteiger partial charge on any atom is 0.280 e. The zero-order chi connectivity index (χ0) is 11.8. The molecule has 1 amide bonds. The van der Waals surface area contributed by atoms with Crippen molar-refractivity contribution in [3.63, 3.8) is 0 Å². The number of carbonyl (C=O) groups is 1. The number of nitrogen functional groups attached to an aromatic ring is 1. The second kappa shape index (κ2) is 3.77. The predicted molar refractivity (Wildman–Crippen MR) is 57.6 cm³/mol. The summed E-state index contributed by atoms with van der Waals surface area (Å²) in [5, 5.41) is 6.93. The summed E-state index contributed by atoms with van der Waals surface area (Å²) < 4.78 is 4.43. The lowest BCUT2D eigenvalue weighted by molar-refractivity contribution is 0.0620. The van der Waals surface area contributed by atoms with Crippen LogP contribution in [-0.4, -0.2) is 34.2 Å². The average Bonchev–Trinajstić information content (AvgIpc) is 2.63. The lowest BCUT2D eigenvalue weighted by Crippen LogP contribution is -2.41. The molecule has 1 aromatic rings. The van der Waals surface area contributed by atoms with Gasteiger partial charge in [0.15, 0.2) is 0 Å². The first-order chi connectivity index (χ1) is 7.49. The van der Waals surface area contributed by atoms with Crippen molar-refractivity contribution in [3.05, 3.63) is 5.69 Å². The van der Waals surface area contributed by atoms with E-state index < -0.39 is 0 Å². The third-order valence-corrected chi connectivity index (χ3v) is 3.12. The molecule has 0 atom stereocenters. The summed E-state index contributed by atoms with van der Waals surface area (Å²) in [7, 11) is 0. The van der Waals surface area contributed by atoms with E-state index in [1.54, 1.807) is 4.90 Å². The fourth-order valence-electron chi connectivity index (χ4n) is 1.81. The summed E-state index contributed by atoms with van der Waals surface area (Å²) in [6.07, 6.45) is 1.98. The molecule has 1 aliphatic heterocycles. The van der Waals surface area contributed by atoms with Gasteiger partial charge in [-0.3, -0.25) is 4.79 Å². The number of piperidine rings is 1. The highest BCUT2D eigenvalue weighted by atomic mass is 16.6. The van der Waals surface area contributed by atoms with E-state index in [4.69, 9.17) is 5.73 Å². The SMILES string of the molecule is CC1(C)CCN(C(=O)c2nonc2N)CC1. The van der Waals surface area contributed by atoms with Crippen LogP contribution in [0.2, 0.25) is 0 Å². The molecule has 1 aliphatic rings. The summed E-state index contributed by atoms with van der Waals surface area (Å²) in [6, 6.07) is 0. The van der Waals surface area contributed by atoms with Crippen LogP contribution in [0.1, 0.15) is 37.2 Å². The minimum absolute atomic E-state index is 0.0647. The second-order valence-electron chi connectivity index (χ2n) is 4.95. The smallest absolute Gasteiger partial charge is 0.280 e. The van der Waals surface area contributed by atoms with Crippen LogP contribution < -0.4 is 5.73 Å². The second-order valence-corrected chi connectivity index (χ2v) is 4.95. The van der Waals surface area contributed by atoms with E-state index in [0.717, 1.165) is 25.9 Å². The normalized spacial score (nSPS) is 19.8. The molecule has 1 saturated heterocycles. The van der Waals surface area contributed by atoms with Crippen LogP contribution in [0.25, 0.3) is 0 Å². The van der Waals surface area contributed by atoms with Crippen LogP contribution in [0.4, 0.5) is 5.82 Å². The van der Waals surface area contributed by atoms with Crippen molar-refractivity contribution < 1.29 is 9.42 Å². The number of amides is 1. The van der Waals surface area contributed by atoms with Crippen molar-refractivity contribution >= 4 is 11.7 Å². The Morgan fingerprint density at radius 1 is 1.38 bits per heavy atom. The van der Waals surface area contributed by atoms with Crippen molar-refractivity contribution in [2.24, 2.45) is 5.41 Å². The number of nitrogens with two attached hydrogens (primary N) is 1. The number of aromatic nitrogens is 2. The van der Waals surface area contributed by atoms with Crippen LogP contribution >= 0.6 is 0 Å². The van der Waals surface area contributed by atoms with Crippen LogP contribution in [0.3, 0.4) is 0 Å². The quantitative estimate of drug-likeness (QED) is 0.766. The Labute approximate surface area is 93.7 Å². The number of rotatable bonds is 1. The van der Waals surface area contributed by atoms with E-state index >= 15 is 0 Å². The minimum atomic E-state index is -0.186. The van der Waals surface area contributed by atoms with Gasteiger partial charge in [-0.2, -0.15) is 0 Å². The van der Waals surface area contributed by atoms with E-state index in [-0.39, 0.29) is 17.4 Å². The lowest BCUT2D eigenvalue weighted by Gasteiger charge is -2.36. The van der Waals surface area contributed by atoms with E-state index in [0.29, 0.717) is 5.41 Å². The third kappa shape index (κ3) is 2.00. The molecular formula is C10H16N4O2. The van der Waals surface area contributed by atoms with Crippen molar-refractivity contribution in [1.82, 2.24) is 15.2 Å². The number of hydrogen-bond donors (Lipinski definition) is 1. The number of hydrogen-bond acceptors (Lipinski definition) is 5. The van der Waals surface area contributed by atoms with Crippen LogP contribution in [-0.2, 0) is 0 Å². The summed E-state index contributed by atoms with van der Waals surface area (Å²) in [6.45, 7) is 5.89. The van der Waals surface area contributed by atoms with Crippen molar-refractivity contribution in [2.45, 2.75) is 26.7 Å². The zero-order valence-electron chi connectivity index (χ0n) is 9.56. The molecule has 88 valence electrons. The van der Waals surface area contributed by atoms with E-state index in [2.05, 4.69) is 28.8 Å². The minimum Gasteiger partial charge on any atom is -0.379 e. The van der Waals surface area contributed by atoms with Gasteiger partial charge >= 0.3 is 0 Å². The molecule has 0 spiro atoms. The summed E-state index contributed by atoms with van der Waals surface area (Å²) in [5.74, 6) is -0.121. The molecule has 0 radical (unpaired) electrons. The van der Waals surface area contributed by atoms with Crippen molar-refractivity contribution in [3.8, 4) is 0 Å². The van der Waals surface area contributed by atoms with E-state index in [9.17, 15) is 4.79 Å². The molecule has 0 saturated carbocycles. The molecule has 0 aliphatic carbocycles. The Morgan fingerprint density at radius 3 is 2.50 bits per heavy atom. The number of anilines is 1. The van der Waals surface area contributed by atoms with Crippen LogP contribution in [0.5, 0.6) is 0 Å². The maximum atomic E-state index is 12.0. The Hall–Kier alpha value is -1.59. The molecule has 2 N–H and O–H groups in total. The Balaban J connectivity index is 2.05. The standard InChI is InChI=1S/C10H16N4O2/c1-10(2)3-5-14(6-4-10)9(15)7-8(11)13-16-12-7/h3-6H2,1-2H3,(H2,11,13). The molecule has 0 bridgehead atoms. The first-order valence-corrected chi connectivity index (χ1v) is 5.37. The fraction of sp³-hybridized carbons (Fsp3) is 0.700. The topological polar surface area (TPSA) is 85.2 Å². The third-order valence-electron chi connectivity index (χ3n) is 3.12. The zero-order valence-corrected chi connectivity index (χ0v) is 9.56. The highest BCUT2D eigenvalue weighted by Crippen LogP contribution is 2.30. The Kier molecular flexibility index (Phi) is 2.57. The first kappa shape index (κ1) is 10.9. The molecule has 6 nitrogen and oxygen atoms in total. The Bertz CT molecular complexity index is 389. The Morgan fingerprint density at radius 2 is 2.00 bits per heavy atom. The van der Waals surface area contributed by atoms with E-state index in [1.807, 2.05) is 0 Å². The van der Waals surface area contributed by atoms with E-state index in [1.165, 1.54) is 0 Å². The number of carbonyl (C=O) groups excluding carboxylic acids is 1. The maximum absolute atomic E-state index is 12.0. The van der Waals surface area contributed by atoms with Gasteiger partial charge in [0.05, 0.1) is 0 Å². The average molecular weight is 224 g/mol. The van der Waals surface area contributed by atoms with Gasteiger partial charge in [0.1, 0.15) is 0 Å². The molecule has 2 heterocycles. The molecular weight excluding hydrogens is 208 g/mol. The van der Waals surface area contributed by atoms with Gasteiger partial charge < -0.3 is 10.6 Å². The largest absolute Gasteiger partial charge is 0.379 e. The molecule has 1 fully saturated rings. The van der Waals surface area contributed by atoms with Gasteiger partial charge in [0, 0.05) is 13.1 Å².